The van der Waals surface area contributed by atoms with E-state index in [1.165, 1.54) is 11.1 Å². The summed E-state index contributed by atoms with van der Waals surface area (Å²) in [6, 6.07) is 9.08. The first-order chi connectivity index (χ1) is 8.04. The molecule has 1 aromatic carbocycles. The summed E-state index contributed by atoms with van der Waals surface area (Å²) in [7, 11) is 1.98. The topological polar surface area (TPSA) is 21.3 Å². The lowest BCUT2D eigenvalue weighted by Gasteiger charge is -2.19. The van der Waals surface area contributed by atoms with Crippen LogP contribution < -0.4 is 5.32 Å². The average molecular weight is 235 g/mol. The Morgan fingerprint density at radius 3 is 1.94 bits per heavy atom. The standard InChI is InChI=1S/C15H25NO/c1-11(2)13-6-8-14(9-7-13)15(16-5)10-17-12(3)4/h6-9,11-12,15-16H,10H2,1-5H3. The van der Waals surface area contributed by atoms with E-state index >= 15 is 0 Å². The van der Waals surface area contributed by atoms with Crippen molar-refractivity contribution in [1.29, 1.82) is 0 Å². The van der Waals surface area contributed by atoms with Crippen LogP contribution in [0.1, 0.15) is 50.8 Å². The van der Waals surface area contributed by atoms with E-state index in [0.717, 1.165) is 6.61 Å². The maximum absolute atomic E-state index is 5.66. The highest BCUT2D eigenvalue weighted by Crippen LogP contribution is 2.19. The predicted molar refractivity (Wildman–Crippen MR) is 73.4 cm³/mol. The van der Waals surface area contributed by atoms with Crippen LogP contribution >= 0.6 is 0 Å². The fourth-order valence-electron chi connectivity index (χ4n) is 1.75. The summed E-state index contributed by atoms with van der Waals surface area (Å²) >= 11 is 0. The van der Waals surface area contributed by atoms with Crippen LogP contribution in [0.4, 0.5) is 0 Å². The molecule has 1 unspecified atom stereocenters. The van der Waals surface area contributed by atoms with Crippen molar-refractivity contribution in [3.05, 3.63) is 35.4 Å². The molecule has 96 valence electrons. The van der Waals surface area contributed by atoms with Gasteiger partial charge in [0.15, 0.2) is 0 Å². The van der Waals surface area contributed by atoms with Gasteiger partial charge in [0.25, 0.3) is 0 Å². The summed E-state index contributed by atoms with van der Waals surface area (Å²) in [6.45, 7) is 9.28. The average Bonchev–Trinajstić information content (AvgIpc) is 2.30. The smallest absolute Gasteiger partial charge is 0.0664 e. The lowest BCUT2D eigenvalue weighted by molar-refractivity contribution is 0.0626. The fraction of sp³-hybridized carbons (Fsp3) is 0.600. The van der Waals surface area contributed by atoms with Gasteiger partial charge in [-0.05, 0) is 37.9 Å². The third-order valence-corrected chi connectivity index (χ3v) is 2.95. The highest BCUT2D eigenvalue weighted by atomic mass is 16.5. The van der Waals surface area contributed by atoms with Crippen LogP contribution in [0.15, 0.2) is 24.3 Å². The highest BCUT2D eigenvalue weighted by Gasteiger charge is 2.10. The van der Waals surface area contributed by atoms with E-state index in [2.05, 4.69) is 57.3 Å². The molecule has 0 saturated heterocycles. The number of likely N-dealkylation sites (N-methyl/N-ethyl adjacent to an activating group) is 1. The van der Waals surface area contributed by atoms with Crippen LogP contribution in [0.25, 0.3) is 0 Å². The van der Waals surface area contributed by atoms with Crippen LogP contribution in [0, 0.1) is 0 Å². The largest absolute Gasteiger partial charge is 0.377 e. The molecule has 17 heavy (non-hydrogen) atoms. The first-order valence-electron chi connectivity index (χ1n) is 6.43. The minimum atomic E-state index is 0.276. The minimum Gasteiger partial charge on any atom is -0.377 e. The van der Waals surface area contributed by atoms with Crippen LogP contribution in [0.3, 0.4) is 0 Å². The molecule has 0 radical (unpaired) electrons. The first-order valence-corrected chi connectivity index (χ1v) is 6.43. The van der Waals surface area contributed by atoms with Crippen LogP contribution in [0.5, 0.6) is 0 Å². The van der Waals surface area contributed by atoms with Gasteiger partial charge in [0.05, 0.1) is 18.8 Å². The van der Waals surface area contributed by atoms with Crippen molar-refractivity contribution in [1.82, 2.24) is 5.32 Å². The Balaban J connectivity index is 2.68. The van der Waals surface area contributed by atoms with Crippen molar-refractivity contribution >= 4 is 0 Å². The van der Waals surface area contributed by atoms with Gasteiger partial charge < -0.3 is 10.1 Å². The molecule has 0 aliphatic carbocycles. The van der Waals surface area contributed by atoms with E-state index < -0.39 is 0 Å². The molecule has 0 aromatic heterocycles. The van der Waals surface area contributed by atoms with Gasteiger partial charge in [0.2, 0.25) is 0 Å². The zero-order chi connectivity index (χ0) is 12.8. The molecule has 1 atom stereocenters. The van der Waals surface area contributed by atoms with Gasteiger partial charge in [0, 0.05) is 0 Å². The van der Waals surface area contributed by atoms with Gasteiger partial charge in [-0.25, -0.2) is 0 Å². The first kappa shape index (κ1) is 14.2. The van der Waals surface area contributed by atoms with Crippen LogP contribution in [0.2, 0.25) is 0 Å². The lowest BCUT2D eigenvalue weighted by atomic mass is 9.99. The molecule has 0 spiro atoms. The molecule has 0 saturated carbocycles. The van der Waals surface area contributed by atoms with Gasteiger partial charge >= 0.3 is 0 Å². The molecule has 0 heterocycles. The maximum atomic E-state index is 5.66. The number of hydrogen-bond donors (Lipinski definition) is 1. The molecule has 1 rings (SSSR count). The van der Waals surface area contributed by atoms with Crippen molar-refractivity contribution in [2.75, 3.05) is 13.7 Å². The monoisotopic (exact) mass is 235 g/mol. The van der Waals surface area contributed by atoms with Gasteiger partial charge in [-0.2, -0.15) is 0 Å². The van der Waals surface area contributed by atoms with E-state index in [1.807, 2.05) is 7.05 Å². The van der Waals surface area contributed by atoms with Crippen molar-refractivity contribution in [3.8, 4) is 0 Å². The Morgan fingerprint density at radius 2 is 1.53 bits per heavy atom. The normalized spacial score (nSPS) is 13.4. The molecule has 2 nitrogen and oxygen atoms in total. The molecule has 2 heteroatoms. The van der Waals surface area contributed by atoms with E-state index in [4.69, 9.17) is 4.74 Å². The summed E-state index contributed by atoms with van der Waals surface area (Å²) < 4.78 is 5.66. The summed E-state index contributed by atoms with van der Waals surface area (Å²) in [6.07, 6.45) is 0.279. The minimum absolute atomic E-state index is 0.276. The molecule has 0 fully saturated rings. The number of nitrogens with one attached hydrogen (secondary N) is 1. The predicted octanol–water partition coefficient (Wildman–Crippen LogP) is 3.50. The van der Waals surface area contributed by atoms with Crippen molar-refractivity contribution < 1.29 is 4.74 Å². The van der Waals surface area contributed by atoms with Crippen molar-refractivity contribution in [2.24, 2.45) is 0 Å². The third-order valence-electron chi connectivity index (χ3n) is 2.95. The summed E-state index contributed by atoms with van der Waals surface area (Å²) in [4.78, 5) is 0. The molecule has 0 bridgehead atoms. The molecule has 0 amide bonds. The van der Waals surface area contributed by atoms with E-state index in [1.54, 1.807) is 0 Å². The van der Waals surface area contributed by atoms with Crippen molar-refractivity contribution in [3.63, 3.8) is 0 Å². The summed E-state index contributed by atoms with van der Waals surface area (Å²) in [5.41, 5.74) is 2.67. The van der Waals surface area contributed by atoms with Gasteiger partial charge in [-0.15, -0.1) is 0 Å². The summed E-state index contributed by atoms with van der Waals surface area (Å²) in [5.74, 6) is 0.587. The number of hydrogen-bond acceptors (Lipinski definition) is 2. The van der Waals surface area contributed by atoms with Gasteiger partial charge in [-0.1, -0.05) is 38.1 Å². The SMILES string of the molecule is CNC(COC(C)C)c1ccc(C(C)C)cc1. The molecule has 1 aromatic rings. The second-order valence-electron chi connectivity index (χ2n) is 5.04. The Kier molecular flexibility index (Phi) is 5.66. The molecule has 0 aliphatic rings. The molecule has 1 N–H and O–H groups in total. The number of benzene rings is 1. The van der Waals surface area contributed by atoms with Crippen molar-refractivity contribution in [2.45, 2.75) is 45.8 Å². The third kappa shape index (κ3) is 4.49. The molecular weight excluding hydrogens is 210 g/mol. The van der Waals surface area contributed by atoms with Crippen LogP contribution in [-0.4, -0.2) is 19.8 Å². The Hall–Kier alpha value is -0.860. The van der Waals surface area contributed by atoms with Gasteiger partial charge in [0.1, 0.15) is 0 Å². The quantitative estimate of drug-likeness (QED) is 0.815. The molecular formula is C15H25NO. The Morgan fingerprint density at radius 1 is 1.00 bits per heavy atom. The van der Waals surface area contributed by atoms with Gasteiger partial charge in [-0.3, -0.25) is 0 Å². The second-order valence-corrected chi connectivity index (χ2v) is 5.04. The maximum Gasteiger partial charge on any atom is 0.0664 e. The zero-order valence-electron chi connectivity index (χ0n) is 11.7. The van der Waals surface area contributed by atoms with E-state index in [-0.39, 0.29) is 12.1 Å². The zero-order valence-corrected chi connectivity index (χ0v) is 11.7. The summed E-state index contributed by atoms with van der Waals surface area (Å²) in [5, 5.41) is 3.30. The molecule has 0 aliphatic heterocycles. The Bertz CT molecular complexity index is 316. The number of rotatable bonds is 6. The lowest BCUT2D eigenvalue weighted by Crippen LogP contribution is -2.23. The fourth-order valence-corrected chi connectivity index (χ4v) is 1.75. The van der Waals surface area contributed by atoms with E-state index in [0.29, 0.717) is 5.92 Å². The number of ether oxygens (including phenoxy) is 1. The second kappa shape index (κ2) is 6.77. The van der Waals surface area contributed by atoms with E-state index in [9.17, 15) is 0 Å². The van der Waals surface area contributed by atoms with Crippen LogP contribution in [-0.2, 0) is 4.74 Å². The highest BCUT2D eigenvalue weighted by molar-refractivity contribution is 5.26. The Labute approximate surface area is 105 Å².